The van der Waals surface area contributed by atoms with E-state index in [9.17, 15) is 29.4 Å². The number of rotatable bonds is 15. The maximum atomic E-state index is 13.3. The topological polar surface area (TPSA) is 171 Å². The lowest BCUT2D eigenvalue weighted by Crippen LogP contribution is -2.58. The number of aliphatic carboxylic acids is 1. The third-order valence-electron chi connectivity index (χ3n) is 5.55. The van der Waals surface area contributed by atoms with Gasteiger partial charge < -0.3 is 31.9 Å². The minimum Gasteiger partial charge on any atom is -0.508 e. The van der Waals surface area contributed by atoms with Crippen molar-refractivity contribution in [1.82, 2.24) is 16.0 Å². The van der Waals surface area contributed by atoms with E-state index in [-0.39, 0.29) is 30.4 Å². The van der Waals surface area contributed by atoms with E-state index in [4.69, 9.17) is 5.73 Å². The minimum absolute atomic E-state index is 0.0645. The molecule has 0 fully saturated rings. The van der Waals surface area contributed by atoms with Gasteiger partial charge in [0, 0.05) is 6.42 Å². The van der Waals surface area contributed by atoms with Crippen LogP contribution >= 0.6 is 11.8 Å². The number of carbonyl (C=O) groups excluding carboxylic acids is 3. The summed E-state index contributed by atoms with van der Waals surface area (Å²) in [5, 5.41) is 26.9. The van der Waals surface area contributed by atoms with Crippen molar-refractivity contribution in [2.45, 2.75) is 71.1 Å². The number of phenols is 1. The summed E-state index contributed by atoms with van der Waals surface area (Å²) in [6, 6.07) is 2.28. The molecule has 10 nitrogen and oxygen atoms in total. The Kier molecular flexibility index (Phi) is 13.3. The number of hydrogen-bond donors (Lipinski definition) is 6. The molecule has 4 unspecified atom stereocenters. The number of carbonyl (C=O) groups is 4. The van der Waals surface area contributed by atoms with Crippen LogP contribution in [0, 0.1) is 11.8 Å². The van der Waals surface area contributed by atoms with Gasteiger partial charge in [-0.15, -0.1) is 0 Å². The molecule has 0 saturated heterocycles. The van der Waals surface area contributed by atoms with Gasteiger partial charge in [-0.05, 0) is 54.4 Å². The molecular weight excluding hydrogens is 484 g/mol. The summed E-state index contributed by atoms with van der Waals surface area (Å²) in [5.74, 6) is -2.41. The lowest BCUT2D eigenvalue weighted by molar-refractivity contribution is -0.143. The molecule has 0 aromatic heterocycles. The largest absolute Gasteiger partial charge is 0.508 e. The molecule has 0 aliphatic rings. The fourth-order valence-corrected chi connectivity index (χ4v) is 3.99. The third-order valence-corrected chi connectivity index (χ3v) is 6.19. The smallest absolute Gasteiger partial charge is 0.326 e. The van der Waals surface area contributed by atoms with Crippen LogP contribution in [-0.2, 0) is 25.6 Å². The van der Waals surface area contributed by atoms with Gasteiger partial charge in [0.25, 0.3) is 0 Å². The van der Waals surface area contributed by atoms with Gasteiger partial charge in [-0.3, -0.25) is 14.4 Å². The molecule has 0 aliphatic carbocycles. The maximum Gasteiger partial charge on any atom is 0.326 e. The highest BCUT2D eigenvalue weighted by Gasteiger charge is 2.31. The van der Waals surface area contributed by atoms with E-state index < -0.39 is 47.9 Å². The summed E-state index contributed by atoms with van der Waals surface area (Å²) in [7, 11) is 0. The first-order chi connectivity index (χ1) is 16.8. The van der Waals surface area contributed by atoms with Crippen LogP contribution in [0.25, 0.3) is 0 Å². The van der Waals surface area contributed by atoms with E-state index in [0.29, 0.717) is 17.7 Å². The third kappa shape index (κ3) is 10.9. The average Bonchev–Trinajstić information content (AvgIpc) is 2.79. The number of nitrogens with two attached hydrogens (primary N) is 1. The first kappa shape index (κ1) is 31.2. The van der Waals surface area contributed by atoms with Crippen molar-refractivity contribution in [3.8, 4) is 5.75 Å². The summed E-state index contributed by atoms with van der Waals surface area (Å²) in [4.78, 5) is 50.5. The molecule has 0 bridgehead atoms. The first-order valence-corrected chi connectivity index (χ1v) is 13.4. The molecule has 11 heteroatoms. The lowest BCUT2D eigenvalue weighted by atomic mass is 10.0. The number of phenolic OH excluding ortho intramolecular Hbond substituents is 1. The molecule has 3 amide bonds. The second-order valence-corrected chi connectivity index (χ2v) is 10.6. The fraction of sp³-hybridized carbons (Fsp3) is 0.600. The molecule has 0 aliphatic heterocycles. The number of aromatic hydroxyl groups is 1. The molecule has 7 N–H and O–H groups in total. The van der Waals surface area contributed by atoms with Gasteiger partial charge in [0.05, 0.1) is 6.04 Å². The van der Waals surface area contributed by atoms with Crippen LogP contribution in [0.3, 0.4) is 0 Å². The molecule has 1 aromatic carbocycles. The zero-order valence-corrected chi connectivity index (χ0v) is 22.4. The Labute approximate surface area is 217 Å². The summed E-state index contributed by atoms with van der Waals surface area (Å²) < 4.78 is 0. The van der Waals surface area contributed by atoms with E-state index in [1.54, 1.807) is 26.0 Å². The number of benzene rings is 1. The number of carboxylic acids is 1. The molecule has 4 atom stereocenters. The van der Waals surface area contributed by atoms with Gasteiger partial charge in [-0.25, -0.2) is 4.79 Å². The molecular formula is C25H40N4O6S. The fourth-order valence-electron chi connectivity index (χ4n) is 3.51. The quantitative estimate of drug-likeness (QED) is 0.199. The minimum atomic E-state index is -1.16. The van der Waals surface area contributed by atoms with Crippen LogP contribution in [0.5, 0.6) is 5.75 Å². The standard InChI is InChI=1S/C25H40N4O6S/c1-14(2)12-18(26)22(31)28-20(13-16-6-8-17(30)9-7-16)24(33)27-19(10-11-36-5)23(32)29-21(15(3)4)25(34)35/h6-9,14-15,18-21,30H,10-13,26H2,1-5H3,(H,27,33)(H,28,31)(H,29,32)(H,34,35). The summed E-state index contributed by atoms with van der Waals surface area (Å²) in [6.07, 6.45) is 2.67. The molecule has 0 saturated carbocycles. The molecule has 0 spiro atoms. The van der Waals surface area contributed by atoms with Crippen molar-refractivity contribution in [2.75, 3.05) is 12.0 Å². The SMILES string of the molecule is CSCCC(NC(=O)C(Cc1ccc(O)cc1)NC(=O)C(N)CC(C)C)C(=O)NC(C(=O)O)C(C)C. The maximum absolute atomic E-state index is 13.3. The second-order valence-electron chi connectivity index (χ2n) is 9.58. The number of carboxylic acid groups (broad SMARTS) is 1. The van der Waals surface area contributed by atoms with Gasteiger partial charge in [0.2, 0.25) is 17.7 Å². The molecule has 1 rings (SSSR count). The summed E-state index contributed by atoms with van der Waals surface area (Å²) in [5.41, 5.74) is 6.69. The van der Waals surface area contributed by atoms with Gasteiger partial charge in [0.1, 0.15) is 23.9 Å². The van der Waals surface area contributed by atoms with E-state index >= 15 is 0 Å². The van der Waals surface area contributed by atoms with Crippen LogP contribution in [0.15, 0.2) is 24.3 Å². The van der Waals surface area contributed by atoms with Crippen LogP contribution in [0.4, 0.5) is 0 Å². The van der Waals surface area contributed by atoms with Crippen molar-refractivity contribution >= 4 is 35.5 Å². The lowest BCUT2D eigenvalue weighted by Gasteiger charge is -2.26. The van der Waals surface area contributed by atoms with Crippen molar-refractivity contribution in [3.05, 3.63) is 29.8 Å². The Morgan fingerprint density at radius 2 is 1.47 bits per heavy atom. The molecule has 36 heavy (non-hydrogen) atoms. The molecule has 0 radical (unpaired) electrons. The predicted octanol–water partition coefficient (Wildman–Crippen LogP) is 1.26. The Morgan fingerprint density at radius 1 is 0.917 bits per heavy atom. The highest BCUT2D eigenvalue weighted by atomic mass is 32.2. The normalized spacial score (nSPS) is 14.6. The molecule has 0 heterocycles. The van der Waals surface area contributed by atoms with E-state index in [0.717, 1.165) is 0 Å². The van der Waals surface area contributed by atoms with Crippen molar-refractivity contribution in [3.63, 3.8) is 0 Å². The molecule has 1 aromatic rings. The highest BCUT2D eigenvalue weighted by molar-refractivity contribution is 7.98. The van der Waals surface area contributed by atoms with Crippen LogP contribution in [-0.4, -0.2) is 70.1 Å². The van der Waals surface area contributed by atoms with E-state index in [1.807, 2.05) is 20.1 Å². The summed E-state index contributed by atoms with van der Waals surface area (Å²) >= 11 is 1.48. The zero-order valence-electron chi connectivity index (χ0n) is 21.6. The summed E-state index contributed by atoms with van der Waals surface area (Å²) in [6.45, 7) is 7.23. The average molecular weight is 525 g/mol. The number of nitrogens with one attached hydrogen (secondary N) is 3. The monoisotopic (exact) mass is 524 g/mol. The van der Waals surface area contributed by atoms with Crippen LogP contribution in [0.2, 0.25) is 0 Å². The van der Waals surface area contributed by atoms with Gasteiger partial charge >= 0.3 is 5.97 Å². The van der Waals surface area contributed by atoms with Crippen molar-refractivity contribution < 1.29 is 29.4 Å². The second kappa shape index (κ2) is 15.4. The molecule has 202 valence electrons. The first-order valence-electron chi connectivity index (χ1n) is 12.0. The Hall–Kier alpha value is -2.79. The van der Waals surface area contributed by atoms with Gasteiger partial charge in [-0.2, -0.15) is 11.8 Å². The Bertz CT molecular complexity index is 878. The van der Waals surface area contributed by atoms with Crippen LogP contribution in [0.1, 0.15) is 46.1 Å². The number of hydrogen-bond acceptors (Lipinski definition) is 7. The van der Waals surface area contributed by atoms with Crippen molar-refractivity contribution in [1.29, 1.82) is 0 Å². The number of thioether (sulfide) groups is 1. The number of amides is 3. The van der Waals surface area contributed by atoms with E-state index in [2.05, 4.69) is 16.0 Å². The Morgan fingerprint density at radius 3 is 1.97 bits per heavy atom. The van der Waals surface area contributed by atoms with Gasteiger partial charge in [0.15, 0.2) is 0 Å². The highest BCUT2D eigenvalue weighted by Crippen LogP contribution is 2.13. The Balaban J connectivity index is 3.12. The van der Waals surface area contributed by atoms with Crippen molar-refractivity contribution in [2.24, 2.45) is 17.6 Å². The zero-order chi connectivity index (χ0) is 27.4. The van der Waals surface area contributed by atoms with Crippen LogP contribution < -0.4 is 21.7 Å². The van der Waals surface area contributed by atoms with Gasteiger partial charge in [-0.1, -0.05) is 39.8 Å². The predicted molar refractivity (Wildman–Crippen MR) is 141 cm³/mol. The van der Waals surface area contributed by atoms with E-state index in [1.165, 1.54) is 23.9 Å².